The second-order valence-electron chi connectivity index (χ2n) is 5.84. The second kappa shape index (κ2) is 4.63. The second-order valence-corrected chi connectivity index (χ2v) is 5.84. The van der Waals surface area contributed by atoms with Crippen molar-refractivity contribution in [3.8, 4) is 0 Å². The van der Waals surface area contributed by atoms with Gasteiger partial charge in [-0.2, -0.15) is 0 Å². The van der Waals surface area contributed by atoms with Crippen LogP contribution in [0, 0.1) is 5.41 Å². The van der Waals surface area contributed by atoms with Crippen LogP contribution in [0.5, 0.6) is 0 Å². The minimum absolute atomic E-state index is 0.0694. The fourth-order valence-corrected chi connectivity index (χ4v) is 2.77. The minimum Gasteiger partial charge on any atom is -0.392 e. The SMILES string of the molecule is COC1CCCC(OC2CC(O)C2(C)C)C1. The van der Waals surface area contributed by atoms with Crippen LogP contribution in [0.4, 0.5) is 0 Å². The quantitative estimate of drug-likeness (QED) is 0.804. The summed E-state index contributed by atoms with van der Waals surface area (Å²) in [4.78, 5) is 0. The number of methoxy groups -OCH3 is 1. The highest BCUT2D eigenvalue weighted by atomic mass is 16.5. The third-order valence-corrected chi connectivity index (χ3v) is 4.39. The van der Waals surface area contributed by atoms with Crippen LogP contribution in [0.2, 0.25) is 0 Å². The largest absolute Gasteiger partial charge is 0.392 e. The third-order valence-electron chi connectivity index (χ3n) is 4.39. The molecule has 2 fully saturated rings. The zero-order chi connectivity index (χ0) is 11.8. The topological polar surface area (TPSA) is 38.7 Å². The molecule has 2 aliphatic carbocycles. The first-order valence-corrected chi connectivity index (χ1v) is 6.40. The Morgan fingerprint density at radius 1 is 1.12 bits per heavy atom. The zero-order valence-corrected chi connectivity index (χ0v) is 10.6. The summed E-state index contributed by atoms with van der Waals surface area (Å²) >= 11 is 0. The van der Waals surface area contributed by atoms with Crippen molar-refractivity contribution in [3.05, 3.63) is 0 Å². The predicted octanol–water partition coefficient (Wildman–Crippen LogP) is 2.12. The van der Waals surface area contributed by atoms with E-state index >= 15 is 0 Å². The first-order chi connectivity index (χ1) is 7.54. The third kappa shape index (κ3) is 2.27. The zero-order valence-electron chi connectivity index (χ0n) is 10.6. The Morgan fingerprint density at radius 3 is 2.38 bits per heavy atom. The molecular formula is C13H24O3. The average molecular weight is 228 g/mol. The highest BCUT2D eigenvalue weighted by Gasteiger charge is 2.49. The van der Waals surface area contributed by atoms with Gasteiger partial charge < -0.3 is 14.6 Å². The van der Waals surface area contributed by atoms with Gasteiger partial charge in [0, 0.05) is 18.9 Å². The molecule has 4 atom stereocenters. The van der Waals surface area contributed by atoms with E-state index in [0.29, 0.717) is 12.2 Å². The van der Waals surface area contributed by atoms with E-state index in [1.54, 1.807) is 7.11 Å². The lowest BCUT2D eigenvalue weighted by Gasteiger charge is -2.50. The predicted molar refractivity (Wildman–Crippen MR) is 62.3 cm³/mol. The fourth-order valence-electron chi connectivity index (χ4n) is 2.77. The molecule has 0 heterocycles. The molecule has 0 aromatic heterocycles. The molecule has 0 saturated heterocycles. The van der Waals surface area contributed by atoms with E-state index in [2.05, 4.69) is 13.8 Å². The molecule has 94 valence electrons. The van der Waals surface area contributed by atoms with Crippen molar-refractivity contribution in [2.45, 2.75) is 70.4 Å². The lowest BCUT2D eigenvalue weighted by atomic mass is 9.66. The van der Waals surface area contributed by atoms with E-state index in [1.807, 2.05) is 0 Å². The molecule has 3 nitrogen and oxygen atoms in total. The number of hydrogen-bond acceptors (Lipinski definition) is 3. The number of hydrogen-bond donors (Lipinski definition) is 1. The fraction of sp³-hybridized carbons (Fsp3) is 1.00. The van der Waals surface area contributed by atoms with Gasteiger partial charge in [-0.25, -0.2) is 0 Å². The Hall–Kier alpha value is -0.120. The highest BCUT2D eigenvalue weighted by molar-refractivity contribution is 4.98. The molecule has 1 N–H and O–H groups in total. The van der Waals surface area contributed by atoms with Gasteiger partial charge in [0.25, 0.3) is 0 Å². The average Bonchev–Trinajstić information content (AvgIpc) is 2.29. The van der Waals surface area contributed by atoms with Gasteiger partial charge in [0.05, 0.1) is 24.4 Å². The van der Waals surface area contributed by atoms with Crippen molar-refractivity contribution in [1.29, 1.82) is 0 Å². The minimum atomic E-state index is -0.195. The maximum Gasteiger partial charge on any atom is 0.0679 e. The number of aliphatic hydroxyl groups excluding tert-OH is 1. The highest BCUT2D eigenvalue weighted by Crippen LogP contribution is 2.44. The Morgan fingerprint density at radius 2 is 1.81 bits per heavy atom. The smallest absolute Gasteiger partial charge is 0.0679 e. The number of rotatable bonds is 3. The maximum absolute atomic E-state index is 9.67. The molecule has 3 heteroatoms. The van der Waals surface area contributed by atoms with Crippen LogP contribution in [0.3, 0.4) is 0 Å². The van der Waals surface area contributed by atoms with Gasteiger partial charge in [0.1, 0.15) is 0 Å². The van der Waals surface area contributed by atoms with Gasteiger partial charge in [0.2, 0.25) is 0 Å². The van der Waals surface area contributed by atoms with Crippen molar-refractivity contribution in [2.24, 2.45) is 5.41 Å². The van der Waals surface area contributed by atoms with Crippen LogP contribution in [0.25, 0.3) is 0 Å². The summed E-state index contributed by atoms with van der Waals surface area (Å²) in [6, 6.07) is 0. The Kier molecular flexibility index (Phi) is 3.57. The van der Waals surface area contributed by atoms with Crippen molar-refractivity contribution in [2.75, 3.05) is 7.11 Å². The molecule has 2 aliphatic rings. The Balaban J connectivity index is 1.82. The van der Waals surface area contributed by atoms with Crippen molar-refractivity contribution < 1.29 is 14.6 Å². The van der Waals surface area contributed by atoms with Crippen LogP contribution in [0.15, 0.2) is 0 Å². The van der Waals surface area contributed by atoms with Gasteiger partial charge in [0.15, 0.2) is 0 Å². The summed E-state index contributed by atoms with van der Waals surface area (Å²) in [7, 11) is 1.78. The summed E-state index contributed by atoms with van der Waals surface area (Å²) in [6.07, 6.45) is 6.03. The monoisotopic (exact) mass is 228 g/mol. The molecule has 4 unspecified atom stereocenters. The molecule has 0 radical (unpaired) electrons. The van der Waals surface area contributed by atoms with Gasteiger partial charge in [-0.05, 0) is 25.7 Å². The first kappa shape index (κ1) is 12.3. The molecule has 0 aromatic rings. The van der Waals surface area contributed by atoms with Crippen molar-refractivity contribution in [3.63, 3.8) is 0 Å². The van der Waals surface area contributed by atoms with Gasteiger partial charge in [-0.3, -0.25) is 0 Å². The number of ether oxygens (including phenoxy) is 2. The number of aliphatic hydroxyl groups is 1. The lowest BCUT2D eigenvalue weighted by molar-refractivity contribution is -0.203. The summed E-state index contributed by atoms with van der Waals surface area (Å²) in [5, 5.41) is 9.67. The van der Waals surface area contributed by atoms with Crippen LogP contribution in [0.1, 0.15) is 46.0 Å². The summed E-state index contributed by atoms with van der Waals surface area (Å²) in [5.41, 5.74) is -0.0694. The standard InChI is InChI=1S/C13H24O3/c1-13(2)11(14)8-12(13)16-10-6-4-5-9(7-10)15-3/h9-12,14H,4-8H2,1-3H3. The van der Waals surface area contributed by atoms with Crippen LogP contribution < -0.4 is 0 Å². The molecular weight excluding hydrogens is 204 g/mol. The molecule has 2 rings (SSSR count). The van der Waals surface area contributed by atoms with E-state index in [9.17, 15) is 5.11 Å². The van der Waals surface area contributed by atoms with Crippen molar-refractivity contribution in [1.82, 2.24) is 0 Å². The molecule has 2 saturated carbocycles. The van der Waals surface area contributed by atoms with Gasteiger partial charge >= 0.3 is 0 Å². The molecule has 0 aromatic carbocycles. The van der Waals surface area contributed by atoms with Crippen LogP contribution in [-0.2, 0) is 9.47 Å². The van der Waals surface area contributed by atoms with Gasteiger partial charge in [-0.1, -0.05) is 13.8 Å². The normalized spacial score (nSPS) is 42.8. The van der Waals surface area contributed by atoms with E-state index in [1.165, 1.54) is 6.42 Å². The summed E-state index contributed by atoms with van der Waals surface area (Å²) in [5.74, 6) is 0. The van der Waals surface area contributed by atoms with E-state index < -0.39 is 0 Å². The van der Waals surface area contributed by atoms with E-state index in [4.69, 9.17) is 9.47 Å². The first-order valence-electron chi connectivity index (χ1n) is 6.40. The maximum atomic E-state index is 9.67. The van der Waals surface area contributed by atoms with E-state index in [0.717, 1.165) is 25.7 Å². The molecule has 0 amide bonds. The Labute approximate surface area is 98.1 Å². The lowest BCUT2D eigenvalue weighted by Crippen LogP contribution is -2.55. The molecule has 0 bridgehead atoms. The molecule has 16 heavy (non-hydrogen) atoms. The molecule has 0 aliphatic heterocycles. The van der Waals surface area contributed by atoms with E-state index in [-0.39, 0.29) is 17.6 Å². The van der Waals surface area contributed by atoms with Crippen LogP contribution >= 0.6 is 0 Å². The molecule has 0 spiro atoms. The Bertz CT molecular complexity index is 239. The van der Waals surface area contributed by atoms with Crippen molar-refractivity contribution >= 4 is 0 Å². The summed E-state index contributed by atoms with van der Waals surface area (Å²) in [6.45, 7) is 4.17. The summed E-state index contributed by atoms with van der Waals surface area (Å²) < 4.78 is 11.5. The van der Waals surface area contributed by atoms with Crippen LogP contribution in [-0.4, -0.2) is 36.6 Å². The van der Waals surface area contributed by atoms with Gasteiger partial charge in [-0.15, -0.1) is 0 Å².